The number of hydrogen-bond acceptors (Lipinski definition) is 16. The van der Waals surface area contributed by atoms with Gasteiger partial charge in [-0.3, -0.25) is 28.2 Å². The van der Waals surface area contributed by atoms with Crippen molar-refractivity contribution in [3.63, 3.8) is 0 Å². The number of nitrogens with one attached hydrogen (secondary N) is 2. The minimum Gasteiger partial charge on any atom is -0.390 e. The molecule has 1 fully saturated rings. The van der Waals surface area contributed by atoms with Crippen LogP contribution in [0.2, 0.25) is 0 Å². The average molecular weight is 728 g/mol. The van der Waals surface area contributed by atoms with Gasteiger partial charge in [-0.1, -0.05) is 12.8 Å². The Morgan fingerprint density at radius 3 is 2.29 bits per heavy atom. The first-order chi connectivity index (χ1) is 20.8. The molecule has 0 aliphatic carbocycles. The van der Waals surface area contributed by atoms with Crippen molar-refractivity contribution in [2.75, 3.05) is 25.5 Å². The third-order valence-corrected chi connectivity index (χ3v) is 11.6. The van der Waals surface area contributed by atoms with Crippen LogP contribution < -0.4 is 16.6 Å². The second-order valence-corrected chi connectivity index (χ2v) is 15.6. The quantitative estimate of drug-likeness (QED) is 0.0766. The molecule has 0 aromatic carbocycles. The third-order valence-electron chi connectivity index (χ3n) is 5.69. The predicted octanol–water partition coefficient (Wildman–Crippen LogP) is 0.531. The van der Waals surface area contributed by atoms with Crippen LogP contribution in [0.3, 0.4) is 0 Å². The first kappa shape index (κ1) is 37.6. The lowest BCUT2D eigenvalue weighted by Gasteiger charge is -2.21. The van der Waals surface area contributed by atoms with E-state index in [4.69, 9.17) is 10.5 Å². The molecular formula is C18H32N6O17P4. The van der Waals surface area contributed by atoms with Gasteiger partial charge >= 0.3 is 31.3 Å². The molecule has 1 aliphatic rings. The van der Waals surface area contributed by atoms with Crippen LogP contribution in [-0.4, -0.2) is 82.1 Å². The highest BCUT2D eigenvalue weighted by molar-refractivity contribution is 7.69. The Morgan fingerprint density at radius 1 is 1.04 bits per heavy atom. The highest BCUT2D eigenvalue weighted by Gasteiger charge is 2.46. The number of anilines is 1. The number of H-pyrrole nitrogens is 1. The van der Waals surface area contributed by atoms with Crippen molar-refractivity contribution >= 4 is 54.3 Å². The van der Waals surface area contributed by atoms with Crippen LogP contribution in [0.15, 0.2) is 11.1 Å². The molecule has 4 unspecified atom stereocenters. The van der Waals surface area contributed by atoms with Crippen molar-refractivity contribution in [2.24, 2.45) is 0 Å². The SMILES string of the molecule is CC(=O)NCCCCCCOP(=O)(O)OP(=O)(O)OP(=O)(O)OP(=O)(O)OC[C@H]1O[C@@H](n2cnc3c(=O)[nH]c(N)nc32)C[C@H]1O. The van der Waals surface area contributed by atoms with Gasteiger partial charge < -0.3 is 40.5 Å². The lowest BCUT2D eigenvalue weighted by Crippen LogP contribution is -2.26. The maximum Gasteiger partial charge on any atom is 0.490 e. The molecule has 2 aromatic rings. The molecule has 3 heterocycles. The Labute approximate surface area is 253 Å². The lowest BCUT2D eigenvalue weighted by molar-refractivity contribution is -0.118. The number of imidazole rings is 1. The number of nitrogens with zero attached hydrogens (tertiary/aromatic N) is 3. The van der Waals surface area contributed by atoms with Crippen molar-refractivity contribution in [3.8, 4) is 0 Å². The predicted molar refractivity (Wildman–Crippen MR) is 149 cm³/mol. The number of rotatable bonds is 18. The maximum atomic E-state index is 12.2. The number of nitrogens with two attached hydrogens (primary N) is 1. The van der Waals surface area contributed by atoms with E-state index in [1.165, 1.54) is 17.8 Å². The Hall–Kier alpha value is -1.90. The largest absolute Gasteiger partial charge is 0.490 e. The molecule has 0 bridgehead atoms. The monoisotopic (exact) mass is 728 g/mol. The van der Waals surface area contributed by atoms with Gasteiger partial charge in [0.25, 0.3) is 5.56 Å². The molecule has 256 valence electrons. The van der Waals surface area contributed by atoms with E-state index in [-0.39, 0.29) is 35.9 Å². The number of aromatic nitrogens is 4. The van der Waals surface area contributed by atoms with Crippen molar-refractivity contribution < 1.29 is 74.5 Å². The van der Waals surface area contributed by atoms with Crippen molar-refractivity contribution in [1.29, 1.82) is 0 Å². The van der Waals surface area contributed by atoms with E-state index in [1.54, 1.807) is 0 Å². The number of carbonyl (C=O) groups excluding carboxylic acids is 1. The number of phosphoric acid groups is 4. The Kier molecular flexibility index (Phi) is 12.8. The molecule has 1 saturated heterocycles. The molecule has 0 radical (unpaired) electrons. The summed E-state index contributed by atoms with van der Waals surface area (Å²) < 4.78 is 75.8. The van der Waals surface area contributed by atoms with E-state index in [0.29, 0.717) is 25.8 Å². The van der Waals surface area contributed by atoms with Gasteiger partial charge in [0.05, 0.1) is 25.6 Å². The van der Waals surface area contributed by atoms with Gasteiger partial charge in [0.1, 0.15) is 12.3 Å². The molecule has 0 saturated carbocycles. The second kappa shape index (κ2) is 15.3. The normalized spacial score (nSPS) is 24.0. The first-order valence-corrected chi connectivity index (χ1v) is 18.8. The number of aliphatic hydroxyl groups is 1. The Bertz CT molecular complexity index is 1600. The summed E-state index contributed by atoms with van der Waals surface area (Å²) in [6.45, 7) is 0.415. The number of fused-ring (bicyclic) bond motifs is 1. The van der Waals surface area contributed by atoms with Gasteiger partial charge in [-0.2, -0.15) is 17.9 Å². The summed E-state index contributed by atoms with van der Waals surface area (Å²) in [5.74, 6) is -0.421. The second-order valence-electron chi connectivity index (χ2n) is 9.35. The van der Waals surface area contributed by atoms with Crippen molar-refractivity contribution in [1.82, 2.24) is 24.8 Å². The number of unbranched alkanes of at least 4 members (excludes halogenated alkanes) is 3. The summed E-state index contributed by atoms with van der Waals surface area (Å²) in [7, 11) is -22.9. The minimum atomic E-state index is -6.00. The average Bonchev–Trinajstić information content (AvgIpc) is 3.45. The van der Waals surface area contributed by atoms with Gasteiger partial charge in [0.15, 0.2) is 11.2 Å². The third kappa shape index (κ3) is 12.0. The van der Waals surface area contributed by atoms with Crippen LogP contribution >= 0.6 is 31.3 Å². The molecular weight excluding hydrogens is 696 g/mol. The molecule has 0 spiro atoms. The fourth-order valence-corrected chi connectivity index (χ4v) is 8.83. The van der Waals surface area contributed by atoms with Crippen LogP contribution in [0.1, 0.15) is 45.3 Å². The van der Waals surface area contributed by atoms with Crippen LogP contribution in [-0.2, 0) is 49.8 Å². The number of carbonyl (C=O) groups is 1. The number of amides is 1. The van der Waals surface area contributed by atoms with E-state index in [9.17, 15) is 52.5 Å². The number of aromatic amines is 1. The van der Waals surface area contributed by atoms with Crippen LogP contribution in [0.25, 0.3) is 11.2 Å². The van der Waals surface area contributed by atoms with Gasteiger partial charge in [-0.25, -0.2) is 23.2 Å². The lowest BCUT2D eigenvalue weighted by atomic mass is 10.2. The van der Waals surface area contributed by atoms with E-state index in [2.05, 4.69) is 42.2 Å². The van der Waals surface area contributed by atoms with Crippen molar-refractivity contribution in [2.45, 2.75) is 57.5 Å². The zero-order valence-electron chi connectivity index (χ0n) is 23.3. The van der Waals surface area contributed by atoms with Crippen molar-refractivity contribution in [3.05, 3.63) is 16.7 Å². The topological polar surface area (TPSA) is 343 Å². The first-order valence-electron chi connectivity index (χ1n) is 12.8. The molecule has 9 N–H and O–H groups in total. The van der Waals surface area contributed by atoms with Gasteiger partial charge in [-0.05, 0) is 12.8 Å². The molecule has 2 aromatic heterocycles. The Morgan fingerprint density at radius 2 is 1.64 bits per heavy atom. The number of hydrogen-bond donors (Lipinski definition) is 8. The summed E-state index contributed by atoms with van der Waals surface area (Å²) in [6, 6.07) is 0. The Balaban J connectivity index is 1.47. The van der Waals surface area contributed by atoms with Crippen LogP contribution in [0.5, 0.6) is 0 Å². The molecule has 7 atom stereocenters. The highest BCUT2D eigenvalue weighted by atomic mass is 31.3. The number of nitrogen functional groups attached to an aromatic ring is 1. The van der Waals surface area contributed by atoms with Gasteiger partial charge in [-0.15, -0.1) is 0 Å². The fraction of sp³-hybridized carbons (Fsp3) is 0.667. The minimum absolute atomic E-state index is 0.00765. The molecule has 45 heavy (non-hydrogen) atoms. The summed E-state index contributed by atoms with van der Waals surface area (Å²) in [4.78, 5) is 71.7. The maximum absolute atomic E-state index is 12.2. The van der Waals surface area contributed by atoms with E-state index < -0.39 is 68.5 Å². The summed E-state index contributed by atoms with van der Waals surface area (Å²) in [5.41, 5.74) is 4.82. The molecule has 1 aliphatic heterocycles. The fourth-order valence-electron chi connectivity index (χ4n) is 3.85. The summed E-state index contributed by atoms with van der Waals surface area (Å²) in [6.07, 6.45) is -0.783. The van der Waals surface area contributed by atoms with E-state index >= 15 is 0 Å². The summed E-state index contributed by atoms with van der Waals surface area (Å²) in [5, 5.41) is 12.9. The number of ether oxygens (including phenoxy) is 1. The smallest absolute Gasteiger partial charge is 0.390 e. The molecule has 1 amide bonds. The molecule has 3 rings (SSSR count). The standard InChI is InChI=1S/C18H32N6O17P4/c1-11(25)20-6-4-2-3-5-7-36-42(28,29)39-44(32,33)41-45(34,35)40-43(30,31)37-9-13-12(26)8-14(38-13)24-10-21-15-16(24)22-18(19)23-17(15)27/h10,12-14,26H,2-9H2,1H3,(H,20,25)(H,28,29)(H,30,31)(H,32,33)(H,34,35)(H3,19,22,23,27)/t12-,13-,14-/m1/s1. The molecule has 23 nitrogen and oxygen atoms in total. The summed E-state index contributed by atoms with van der Waals surface area (Å²) >= 11 is 0. The van der Waals surface area contributed by atoms with E-state index in [1.807, 2.05) is 0 Å². The number of phosphoric ester groups is 2. The molecule has 27 heteroatoms. The van der Waals surface area contributed by atoms with Gasteiger partial charge in [0.2, 0.25) is 11.9 Å². The van der Waals surface area contributed by atoms with Gasteiger partial charge in [0, 0.05) is 19.9 Å². The zero-order chi connectivity index (χ0) is 33.6. The zero-order valence-corrected chi connectivity index (χ0v) is 26.9. The van der Waals surface area contributed by atoms with Crippen LogP contribution in [0.4, 0.5) is 5.95 Å². The van der Waals surface area contributed by atoms with Crippen LogP contribution in [0, 0.1) is 0 Å². The van der Waals surface area contributed by atoms with E-state index in [0.717, 1.165) is 0 Å². The number of aliphatic hydroxyl groups excluding tert-OH is 1. The highest BCUT2D eigenvalue weighted by Crippen LogP contribution is 2.71.